The van der Waals surface area contributed by atoms with Crippen LogP contribution in [-0.2, 0) is 6.54 Å². The highest BCUT2D eigenvalue weighted by Crippen LogP contribution is 2.22. The zero-order chi connectivity index (χ0) is 12.3. The molecule has 0 atom stereocenters. The van der Waals surface area contributed by atoms with E-state index in [0.717, 1.165) is 17.1 Å². The van der Waals surface area contributed by atoms with Crippen molar-refractivity contribution < 1.29 is 4.39 Å². The molecule has 1 aromatic heterocycles. The maximum Gasteiger partial charge on any atom is 0.123 e. The van der Waals surface area contributed by atoms with Gasteiger partial charge in [-0.15, -0.1) is 0 Å². The van der Waals surface area contributed by atoms with Gasteiger partial charge in [0, 0.05) is 19.3 Å². The summed E-state index contributed by atoms with van der Waals surface area (Å²) in [6, 6.07) is 10.2. The standard InChI is InChI=1S/C13H14FN3/c1-17(12-5-2-10(14)3-6-12)13-7-4-11(8-15)16-9-13/h2-7,9H,8,15H2,1H3. The maximum absolute atomic E-state index is 12.8. The Kier molecular flexibility index (Phi) is 3.35. The van der Waals surface area contributed by atoms with Gasteiger partial charge >= 0.3 is 0 Å². The Balaban J connectivity index is 2.23. The molecule has 2 N–H and O–H groups in total. The van der Waals surface area contributed by atoms with E-state index < -0.39 is 0 Å². The first-order valence-corrected chi connectivity index (χ1v) is 5.35. The first-order valence-electron chi connectivity index (χ1n) is 5.35. The molecule has 2 aromatic rings. The number of aromatic nitrogens is 1. The van der Waals surface area contributed by atoms with E-state index in [4.69, 9.17) is 5.73 Å². The van der Waals surface area contributed by atoms with Gasteiger partial charge in [0.25, 0.3) is 0 Å². The van der Waals surface area contributed by atoms with Gasteiger partial charge in [-0.1, -0.05) is 0 Å². The molecular formula is C13H14FN3. The largest absolute Gasteiger partial charge is 0.343 e. The summed E-state index contributed by atoms with van der Waals surface area (Å²) in [6.07, 6.45) is 1.76. The summed E-state index contributed by atoms with van der Waals surface area (Å²) in [7, 11) is 1.91. The van der Waals surface area contributed by atoms with E-state index in [9.17, 15) is 4.39 Å². The maximum atomic E-state index is 12.8. The molecule has 0 spiro atoms. The van der Waals surface area contributed by atoms with Gasteiger partial charge in [0.2, 0.25) is 0 Å². The van der Waals surface area contributed by atoms with Crippen LogP contribution >= 0.6 is 0 Å². The molecule has 0 aliphatic carbocycles. The molecule has 0 aliphatic heterocycles. The molecule has 88 valence electrons. The number of anilines is 2. The number of hydrogen-bond donors (Lipinski definition) is 1. The molecule has 0 bridgehead atoms. The molecule has 0 aliphatic rings. The van der Waals surface area contributed by atoms with Crippen LogP contribution in [0.2, 0.25) is 0 Å². The lowest BCUT2D eigenvalue weighted by atomic mass is 10.2. The zero-order valence-corrected chi connectivity index (χ0v) is 9.60. The summed E-state index contributed by atoms with van der Waals surface area (Å²) >= 11 is 0. The van der Waals surface area contributed by atoms with Crippen molar-refractivity contribution in [2.45, 2.75) is 6.54 Å². The molecular weight excluding hydrogens is 217 g/mol. The van der Waals surface area contributed by atoms with E-state index in [2.05, 4.69) is 4.98 Å². The monoisotopic (exact) mass is 231 g/mol. The van der Waals surface area contributed by atoms with E-state index in [1.165, 1.54) is 12.1 Å². The molecule has 3 nitrogen and oxygen atoms in total. The molecule has 0 amide bonds. The van der Waals surface area contributed by atoms with Crippen LogP contribution in [0.25, 0.3) is 0 Å². The van der Waals surface area contributed by atoms with Gasteiger partial charge < -0.3 is 10.6 Å². The Hall–Kier alpha value is -1.94. The van der Waals surface area contributed by atoms with Crippen molar-refractivity contribution in [3.63, 3.8) is 0 Å². The second-order valence-corrected chi connectivity index (χ2v) is 3.75. The summed E-state index contributed by atoms with van der Waals surface area (Å²) in [4.78, 5) is 6.16. The van der Waals surface area contributed by atoms with Gasteiger partial charge in [-0.05, 0) is 36.4 Å². The number of nitrogens with zero attached hydrogens (tertiary/aromatic N) is 2. The van der Waals surface area contributed by atoms with Crippen LogP contribution < -0.4 is 10.6 Å². The fourth-order valence-corrected chi connectivity index (χ4v) is 1.55. The third-order valence-electron chi connectivity index (χ3n) is 2.62. The number of benzene rings is 1. The average Bonchev–Trinajstić information content (AvgIpc) is 2.39. The summed E-state index contributed by atoms with van der Waals surface area (Å²) < 4.78 is 12.8. The fourth-order valence-electron chi connectivity index (χ4n) is 1.55. The Morgan fingerprint density at radius 2 is 1.76 bits per heavy atom. The number of nitrogens with two attached hydrogens (primary N) is 1. The zero-order valence-electron chi connectivity index (χ0n) is 9.60. The lowest BCUT2D eigenvalue weighted by Gasteiger charge is -2.19. The summed E-state index contributed by atoms with van der Waals surface area (Å²) in [5, 5.41) is 0. The summed E-state index contributed by atoms with van der Waals surface area (Å²) in [6.45, 7) is 0.431. The van der Waals surface area contributed by atoms with Crippen molar-refractivity contribution >= 4 is 11.4 Å². The molecule has 17 heavy (non-hydrogen) atoms. The van der Waals surface area contributed by atoms with Crippen molar-refractivity contribution in [2.75, 3.05) is 11.9 Å². The first kappa shape index (κ1) is 11.5. The minimum absolute atomic E-state index is 0.237. The molecule has 0 saturated heterocycles. The topological polar surface area (TPSA) is 42.1 Å². The highest BCUT2D eigenvalue weighted by Gasteiger charge is 2.04. The SMILES string of the molecule is CN(c1ccc(F)cc1)c1ccc(CN)nc1. The van der Waals surface area contributed by atoms with Gasteiger partial charge in [0.1, 0.15) is 5.82 Å². The molecule has 2 rings (SSSR count). The lowest BCUT2D eigenvalue weighted by molar-refractivity contribution is 0.628. The molecule has 1 aromatic carbocycles. The number of hydrogen-bond acceptors (Lipinski definition) is 3. The Bertz CT molecular complexity index is 479. The van der Waals surface area contributed by atoms with E-state index in [1.54, 1.807) is 18.3 Å². The van der Waals surface area contributed by atoms with Gasteiger partial charge in [-0.2, -0.15) is 0 Å². The molecule has 0 fully saturated rings. The van der Waals surface area contributed by atoms with Crippen molar-refractivity contribution in [1.29, 1.82) is 0 Å². The molecule has 0 unspecified atom stereocenters. The van der Waals surface area contributed by atoms with Gasteiger partial charge in [-0.25, -0.2) is 4.39 Å². The van der Waals surface area contributed by atoms with Crippen LogP contribution in [0.1, 0.15) is 5.69 Å². The van der Waals surface area contributed by atoms with Crippen LogP contribution in [0.4, 0.5) is 15.8 Å². The number of halogens is 1. The van der Waals surface area contributed by atoms with Crippen molar-refractivity contribution in [3.8, 4) is 0 Å². The summed E-state index contributed by atoms with van der Waals surface area (Å²) in [5.41, 5.74) is 8.18. The van der Waals surface area contributed by atoms with Crippen molar-refractivity contribution in [1.82, 2.24) is 4.98 Å². The van der Waals surface area contributed by atoms with Crippen molar-refractivity contribution in [3.05, 3.63) is 54.1 Å². The second-order valence-electron chi connectivity index (χ2n) is 3.75. The summed E-state index contributed by atoms with van der Waals surface area (Å²) in [5.74, 6) is -0.237. The first-order chi connectivity index (χ1) is 8.20. The van der Waals surface area contributed by atoms with E-state index in [1.807, 2.05) is 24.1 Å². The van der Waals surface area contributed by atoms with Gasteiger partial charge in [0.05, 0.1) is 17.6 Å². The normalized spacial score (nSPS) is 10.3. The van der Waals surface area contributed by atoms with Crippen LogP contribution in [-0.4, -0.2) is 12.0 Å². The number of rotatable bonds is 3. The van der Waals surface area contributed by atoms with Crippen LogP contribution in [0.3, 0.4) is 0 Å². The predicted molar refractivity (Wildman–Crippen MR) is 66.6 cm³/mol. The molecule has 1 heterocycles. The highest BCUT2D eigenvalue weighted by atomic mass is 19.1. The predicted octanol–water partition coefficient (Wildman–Crippen LogP) is 2.45. The Morgan fingerprint density at radius 3 is 2.29 bits per heavy atom. The number of pyridine rings is 1. The van der Waals surface area contributed by atoms with E-state index >= 15 is 0 Å². The molecule has 0 radical (unpaired) electrons. The Labute approximate surface area is 99.7 Å². The van der Waals surface area contributed by atoms with Crippen LogP contribution in [0.5, 0.6) is 0 Å². The highest BCUT2D eigenvalue weighted by molar-refractivity contribution is 5.61. The third kappa shape index (κ3) is 2.60. The van der Waals surface area contributed by atoms with Crippen molar-refractivity contribution in [2.24, 2.45) is 5.73 Å². The minimum atomic E-state index is -0.237. The quantitative estimate of drug-likeness (QED) is 0.882. The Morgan fingerprint density at radius 1 is 1.12 bits per heavy atom. The fraction of sp³-hybridized carbons (Fsp3) is 0.154. The lowest BCUT2D eigenvalue weighted by Crippen LogP contribution is -2.10. The molecule has 4 heteroatoms. The molecule has 0 saturated carbocycles. The smallest absolute Gasteiger partial charge is 0.123 e. The van der Waals surface area contributed by atoms with Gasteiger partial charge in [0.15, 0.2) is 0 Å². The third-order valence-corrected chi connectivity index (χ3v) is 2.62. The van der Waals surface area contributed by atoms with Crippen LogP contribution in [0, 0.1) is 5.82 Å². The van der Waals surface area contributed by atoms with Crippen LogP contribution in [0.15, 0.2) is 42.6 Å². The van der Waals surface area contributed by atoms with Gasteiger partial charge in [-0.3, -0.25) is 4.98 Å². The van der Waals surface area contributed by atoms with E-state index in [0.29, 0.717) is 6.54 Å². The average molecular weight is 231 g/mol. The van der Waals surface area contributed by atoms with E-state index in [-0.39, 0.29) is 5.82 Å². The minimum Gasteiger partial charge on any atom is -0.343 e. The second kappa shape index (κ2) is 4.93.